The molecule has 7 nitrogen and oxygen atoms in total. The lowest BCUT2D eigenvalue weighted by Gasteiger charge is -2.32. The molecular formula is C26H32N4O3. The standard InChI is InChI=1S/C26H32N4O3/c1-16-12-17(2)29-26(32)23(16)14-28-25(31)22-13-21-6-5-11-30(21)24(18(22)3)19(4)33-15-20-7-9-27-10-8-20/h5-11,13,16-17,19,23H,12,14-15H2,1-4H3,(H,28,31)(H,29,32). The molecule has 0 spiro atoms. The Balaban J connectivity index is 1.54. The van der Waals surface area contributed by atoms with Gasteiger partial charge < -0.3 is 19.8 Å². The van der Waals surface area contributed by atoms with Crippen LogP contribution in [0.15, 0.2) is 48.9 Å². The lowest BCUT2D eigenvalue weighted by molar-refractivity contribution is -0.129. The Morgan fingerprint density at radius 3 is 2.79 bits per heavy atom. The Hall–Kier alpha value is -3.19. The molecule has 33 heavy (non-hydrogen) atoms. The van der Waals surface area contributed by atoms with E-state index >= 15 is 0 Å². The average molecular weight is 449 g/mol. The van der Waals surface area contributed by atoms with Gasteiger partial charge in [0.05, 0.1) is 24.3 Å². The van der Waals surface area contributed by atoms with Gasteiger partial charge in [0.15, 0.2) is 0 Å². The lowest BCUT2D eigenvalue weighted by Crippen LogP contribution is -2.50. The SMILES string of the molecule is Cc1c(C(=O)NCC2C(=O)NC(C)CC2C)cc2cccn2c1C(C)OCc1ccncc1. The number of fused-ring (bicyclic) bond motifs is 1. The number of aromatic nitrogens is 2. The Morgan fingerprint density at radius 1 is 1.30 bits per heavy atom. The molecule has 174 valence electrons. The zero-order chi connectivity index (χ0) is 23.5. The fraction of sp³-hybridized carbons (Fsp3) is 0.423. The van der Waals surface area contributed by atoms with Crippen molar-refractivity contribution in [1.29, 1.82) is 0 Å². The lowest BCUT2D eigenvalue weighted by atomic mass is 9.84. The zero-order valence-corrected chi connectivity index (χ0v) is 19.7. The van der Waals surface area contributed by atoms with Gasteiger partial charge in [-0.25, -0.2) is 0 Å². The Labute approximate surface area is 194 Å². The number of rotatable bonds is 7. The summed E-state index contributed by atoms with van der Waals surface area (Å²) in [5, 5.41) is 6.00. The molecule has 4 heterocycles. The first-order chi connectivity index (χ1) is 15.8. The highest BCUT2D eigenvalue weighted by Gasteiger charge is 2.32. The van der Waals surface area contributed by atoms with Gasteiger partial charge in [-0.3, -0.25) is 14.6 Å². The predicted molar refractivity (Wildman–Crippen MR) is 127 cm³/mol. The van der Waals surface area contributed by atoms with Crippen molar-refractivity contribution in [2.75, 3.05) is 6.54 Å². The van der Waals surface area contributed by atoms with E-state index in [0.29, 0.717) is 18.7 Å². The topological polar surface area (TPSA) is 84.7 Å². The van der Waals surface area contributed by atoms with E-state index < -0.39 is 0 Å². The van der Waals surface area contributed by atoms with Gasteiger partial charge in [-0.15, -0.1) is 0 Å². The van der Waals surface area contributed by atoms with E-state index in [1.165, 1.54) is 0 Å². The van der Waals surface area contributed by atoms with Crippen LogP contribution in [-0.4, -0.2) is 33.8 Å². The second-order valence-electron chi connectivity index (χ2n) is 9.12. The third-order valence-corrected chi connectivity index (χ3v) is 6.62. The van der Waals surface area contributed by atoms with Crippen molar-refractivity contribution in [3.63, 3.8) is 0 Å². The minimum absolute atomic E-state index is 0.0131. The molecule has 2 amide bonds. The summed E-state index contributed by atoms with van der Waals surface area (Å²) >= 11 is 0. The summed E-state index contributed by atoms with van der Waals surface area (Å²) in [6.45, 7) is 8.82. The number of carbonyl (C=O) groups is 2. The van der Waals surface area contributed by atoms with Crippen molar-refractivity contribution in [3.8, 4) is 0 Å². The molecular weight excluding hydrogens is 416 g/mol. The molecule has 3 aromatic rings. The number of amides is 2. The van der Waals surface area contributed by atoms with Crippen molar-refractivity contribution in [2.24, 2.45) is 11.8 Å². The molecule has 0 aliphatic carbocycles. The summed E-state index contributed by atoms with van der Waals surface area (Å²) < 4.78 is 8.24. The van der Waals surface area contributed by atoms with E-state index in [2.05, 4.69) is 26.9 Å². The number of nitrogens with one attached hydrogen (secondary N) is 2. The van der Waals surface area contributed by atoms with Crippen LogP contribution < -0.4 is 10.6 Å². The molecule has 4 atom stereocenters. The largest absolute Gasteiger partial charge is 0.368 e. The quantitative estimate of drug-likeness (QED) is 0.576. The Morgan fingerprint density at radius 2 is 2.06 bits per heavy atom. The summed E-state index contributed by atoms with van der Waals surface area (Å²) in [5.74, 6) is -0.151. The zero-order valence-electron chi connectivity index (χ0n) is 19.7. The molecule has 3 aromatic heterocycles. The molecule has 0 bridgehead atoms. The summed E-state index contributed by atoms with van der Waals surface area (Å²) in [7, 11) is 0. The first-order valence-electron chi connectivity index (χ1n) is 11.5. The Kier molecular flexibility index (Phi) is 6.79. The number of piperidine rings is 1. The molecule has 4 unspecified atom stereocenters. The monoisotopic (exact) mass is 448 g/mol. The van der Waals surface area contributed by atoms with E-state index in [1.807, 2.05) is 57.3 Å². The minimum atomic E-state index is -0.230. The number of nitrogens with zero attached hydrogens (tertiary/aromatic N) is 2. The first-order valence-corrected chi connectivity index (χ1v) is 11.5. The van der Waals surface area contributed by atoms with E-state index in [4.69, 9.17) is 4.74 Å². The number of pyridine rings is 2. The summed E-state index contributed by atoms with van der Waals surface area (Å²) in [4.78, 5) is 29.7. The van der Waals surface area contributed by atoms with Crippen molar-refractivity contribution in [2.45, 2.75) is 52.9 Å². The summed E-state index contributed by atoms with van der Waals surface area (Å²) in [6.07, 6.45) is 6.17. The van der Waals surface area contributed by atoms with Crippen molar-refractivity contribution in [1.82, 2.24) is 20.0 Å². The normalized spacial score (nSPS) is 21.6. The van der Waals surface area contributed by atoms with Gasteiger partial charge in [0.2, 0.25) is 5.91 Å². The second-order valence-corrected chi connectivity index (χ2v) is 9.12. The number of hydrogen-bond acceptors (Lipinski definition) is 4. The maximum Gasteiger partial charge on any atom is 0.251 e. The predicted octanol–water partition coefficient (Wildman–Crippen LogP) is 3.81. The van der Waals surface area contributed by atoms with Gasteiger partial charge in [0.1, 0.15) is 0 Å². The van der Waals surface area contributed by atoms with E-state index in [9.17, 15) is 9.59 Å². The van der Waals surface area contributed by atoms with Crippen LogP contribution in [0.4, 0.5) is 0 Å². The Bertz CT molecular complexity index is 1140. The fourth-order valence-electron chi connectivity index (χ4n) is 4.80. The third kappa shape index (κ3) is 4.93. The molecule has 1 aliphatic rings. The summed E-state index contributed by atoms with van der Waals surface area (Å²) in [5.41, 5.74) is 4.38. The van der Waals surface area contributed by atoms with Gasteiger partial charge in [0.25, 0.3) is 5.91 Å². The van der Waals surface area contributed by atoms with E-state index in [-0.39, 0.29) is 35.8 Å². The number of ether oxygens (including phenoxy) is 1. The van der Waals surface area contributed by atoms with E-state index in [0.717, 1.165) is 28.8 Å². The van der Waals surface area contributed by atoms with Crippen LogP contribution >= 0.6 is 0 Å². The number of hydrogen-bond donors (Lipinski definition) is 2. The van der Waals surface area contributed by atoms with Crippen LogP contribution in [0, 0.1) is 18.8 Å². The molecule has 2 N–H and O–H groups in total. The smallest absolute Gasteiger partial charge is 0.251 e. The number of carbonyl (C=O) groups excluding carboxylic acids is 2. The molecule has 1 aliphatic heterocycles. The van der Waals surface area contributed by atoms with Crippen molar-refractivity contribution >= 4 is 17.3 Å². The molecule has 0 saturated carbocycles. The third-order valence-electron chi connectivity index (χ3n) is 6.62. The minimum Gasteiger partial charge on any atom is -0.368 e. The highest BCUT2D eigenvalue weighted by atomic mass is 16.5. The van der Waals surface area contributed by atoms with Crippen LogP contribution in [0.25, 0.3) is 5.52 Å². The van der Waals surface area contributed by atoms with Gasteiger partial charge in [-0.05, 0) is 74.6 Å². The molecule has 0 aromatic carbocycles. The average Bonchev–Trinajstić information content (AvgIpc) is 3.25. The van der Waals surface area contributed by atoms with Crippen LogP contribution in [-0.2, 0) is 16.1 Å². The molecule has 7 heteroatoms. The molecule has 1 fully saturated rings. The summed E-state index contributed by atoms with van der Waals surface area (Å²) in [6, 6.07) is 9.87. The first kappa shape index (κ1) is 23.0. The van der Waals surface area contributed by atoms with Gasteiger partial charge >= 0.3 is 0 Å². The highest BCUT2D eigenvalue weighted by molar-refractivity contribution is 5.97. The van der Waals surface area contributed by atoms with Crippen LogP contribution in [0.3, 0.4) is 0 Å². The maximum atomic E-state index is 13.2. The van der Waals surface area contributed by atoms with Gasteiger partial charge in [-0.2, -0.15) is 0 Å². The fourth-order valence-corrected chi connectivity index (χ4v) is 4.80. The maximum absolute atomic E-state index is 13.2. The van der Waals surface area contributed by atoms with E-state index in [1.54, 1.807) is 12.4 Å². The van der Waals surface area contributed by atoms with Crippen molar-refractivity contribution in [3.05, 3.63) is 71.3 Å². The molecule has 1 saturated heterocycles. The molecule has 0 radical (unpaired) electrons. The van der Waals surface area contributed by atoms with Gasteiger partial charge in [-0.1, -0.05) is 6.92 Å². The van der Waals surface area contributed by atoms with Crippen LogP contribution in [0.5, 0.6) is 0 Å². The van der Waals surface area contributed by atoms with Crippen LogP contribution in [0.2, 0.25) is 0 Å². The second kappa shape index (κ2) is 9.75. The van der Waals surface area contributed by atoms with Crippen molar-refractivity contribution < 1.29 is 14.3 Å². The van der Waals surface area contributed by atoms with Crippen LogP contribution in [0.1, 0.15) is 60.5 Å². The highest BCUT2D eigenvalue weighted by Crippen LogP contribution is 2.28. The molecule has 4 rings (SSSR count). The van der Waals surface area contributed by atoms with Gasteiger partial charge in [0, 0.05) is 42.3 Å².